The Bertz CT molecular complexity index is 760. The van der Waals surface area contributed by atoms with Crippen LogP contribution in [0, 0.1) is 0 Å². The van der Waals surface area contributed by atoms with Gasteiger partial charge >= 0.3 is 0 Å². The Morgan fingerprint density at radius 1 is 1.16 bits per heavy atom. The lowest BCUT2D eigenvalue weighted by Crippen LogP contribution is -2.10. The molecule has 3 rings (SSSR count). The molecule has 0 saturated carbocycles. The van der Waals surface area contributed by atoms with Gasteiger partial charge in [0.25, 0.3) is 0 Å². The second kappa shape index (κ2) is 4.13. The number of amides is 1. The first kappa shape index (κ1) is 11.3. The van der Waals surface area contributed by atoms with Crippen LogP contribution in [0.25, 0.3) is 16.6 Å². The highest BCUT2D eigenvalue weighted by molar-refractivity contribution is 5.97. The molecule has 0 aliphatic carbocycles. The van der Waals surface area contributed by atoms with Gasteiger partial charge in [-0.25, -0.2) is 4.68 Å². The third kappa shape index (κ3) is 1.91. The van der Waals surface area contributed by atoms with E-state index in [0.717, 1.165) is 16.6 Å². The molecule has 5 nitrogen and oxygen atoms in total. The number of phenolic OH excluding ortho intramolecular Hbond substituents is 1. The highest BCUT2D eigenvalue weighted by Gasteiger charge is 2.08. The van der Waals surface area contributed by atoms with E-state index in [1.165, 1.54) is 0 Å². The molecular formula is C14H11N3O2. The first-order chi connectivity index (χ1) is 9.15. The normalized spacial score (nSPS) is 10.7. The van der Waals surface area contributed by atoms with Crippen molar-refractivity contribution in [1.82, 2.24) is 9.78 Å². The number of phenols is 1. The van der Waals surface area contributed by atoms with Crippen molar-refractivity contribution < 1.29 is 9.90 Å². The summed E-state index contributed by atoms with van der Waals surface area (Å²) in [6, 6.07) is 11.9. The van der Waals surface area contributed by atoms with Gasteiger partial charge in [0.2, 0.25) is 5.91 Å². The van der Waals surface area contributed by atoms with Crippen LogP contribution in [0.5, 0.6) is 5.75 Å². The van der Waals surface area contributed by atoms with E-state index < -0.39 is 5.91 Å². The molecule has 0 aliphatic rings. The van der Waals surface area contributed by atoms with E-state index in [1.807, 2.05) is 0 Å². The van der Waals surface area contributed by atoms with Crippen molar-refractivity contribution in [1.29, 1.82) is 0 Å². The zero-order valence-corrected chi connectivity index (χ0v) is 9.95. The summed E-state index contributed by atoms with van der Waals surface area (Å²) in [5, 5.41) is 14.5. The number of hydrogen-bond acceptors (Lipinski definition) is 3. The number of fused-ring (bicyclic) bond motifs is 1. The van der Waals surface area contributed by atoms with Crippen molar-refractivity contribution in [2.45, 2.75) is 0 Å². The Kier molecular flexibility index (Phi) is 2.45. The zero-order valence-electron chi connectivity index (χ0n) is 9.95. The number of benzene rings is 2. The van der Waals surface area contributed by atoms with Crippen LogP contribution in [0.3, 0.4) is 0 Å². The minimum absolute atomic E-state index is 0.193. The maximum absolute atomic E-state index is 11.2. The third-order valence-electron chi connectivity index (χ3n) is 2.95. The number of rotatable bonds is 2. The summed E-state index contributed by atoms with van der Waals surface area (Å²) in [7, 11) is 0. The van der Waals surface area contributed by atoms with Gasteiger partial charge in [0.1, 0.15) is 5.75 Å². The summed E-state index contributed by atoms with van der Waals surface area (Å²) in [6.07, 6.45) is 1.72. The standard InChI is InChI=1S/C14H11N3O2/c15-14(19)9-1-2-10-8-16-17(13(10)7-9)11-3-5-12(18)6-4-11/h1-8,18H,(H2,15,19). The largest absolute Gasteiger partial charge is 0.508 e. The van der Waals surface area contributed by atoms with Crippen molar-refractivity contribution in [3.63, 3.8) is 0 Å². The molecular weight excluding hydrogens is 242 g/mol. The first-order valence-electron chi connectivity index (χ1n) is 5.72. The van der Waals surface area contributed by atoms with E-state index in [1.54, 1.807) is 53.3 Å². The topological polar surface area (TPSA) is 81.1 Å². The number of aromatic hydroxyl groups is 1. The molecule has 0 unspecified atom stereocenters. The van der Waals surface area contributed by atoms with Gasteiger partial charge in [-0.2, -0.15) is 5.10 Å². The van der Waals surface area contributed by atoms with E-state index in [0.29, 0.717) is 5.56 Å². The Morgan fingerprint density at radius 2 is 1.89 bits per heavy atom. The number of carbonyl (C=O) groups is 1. The molecule has 94 valence electrons. The van der Waals surface area contributed by atoms with Crippen molar-refractivity contribution in [3.05, 3.63) is 54.2 Å². The van der Waals surface area contributed by atoms with Crippen LogP contribution < -0.4 is 5.73 Å². The van der Waals surface area contributed by atoms with Crippen molar-refractivity contribution in [3.8, 4) is 11.4 Å². The van der Waals surface area contributed by atoms with Crippen molar-refractivity contribution in [2.75, 3.05) is 0 Å². The Morgan fingerprint density at radius 3 is 2.58 bits per heavy atom. The summed E-state index contributed by atoms with van der Waals surface area (Å²) < 4.78 is 1.70. The van der Waals surface area contributed by atoms with E-state index >= 15 is 0 Å². The molecule has 0 saturated heterocycles. The lowest BCUT2D eigenvalue weighted by atomic mass is 10.1. The molecule has 5 heteroatoms. The molecule has 0 aliphatic heterocycles. The summed E-state index contributed by atoms with van der Waals surface area (Å²) in [5.41, 5.74) is 7.31. The molecule has 1 aromatic heterocycles. The predicted octanol–water partition coefficient (Wildman–Crippen LogP) is 1.83. The number of carbonyl (C=O) groups excluding carboxylic acids is 1. The minimum atomic E-state index is -0.472. The third-order valence-corrected chi connectivity index (χ3v) is 2.95. The van der Waals surface area contributed by atoms with E-state index in [9.17, 15) is 9.90 Å². The quantitative estimate of drug-likeness (QED) is 0.731. The van der Waals surface area contributed by atoms with Crippen LogP contribution in [0.1, 0.15) is 10.4 Å². The fourth-order valence-corrected chi connectivity index (χ4v) is 1.97. The van der Waals surface area contributed by atoms with Gasteiger partial charge in [-0.05, 0) is 36.4 Å². The highest BCUT2D eigenvalue weighted by atomic mass is 16.3. The average molecular weight is 253 g/mol. The van der Waals surface area contributed by atoms with Crippen LogP contribution in [0.4, 0.5) is 0 Å². The summed E-state index contributed by atoms with van der Waals surface area (Å²) in [5.74, 6) is -0.279. The van der Waals surface area contributed by atoms with Gasteiger partial charge in [0.05, 0.1) is 17.4 Å². The first-order valence-corrected chi connectivity index (χ1v) is 5.72. The number of hydrogen-bond donors (Lipinski definition) is 2. The van der Waals surface area contributed by atoms with Crippen LogP contribution in [0.15, 0.2) is 48.7 Å². The molecule has 0 bridgehead atoms. The number of nitrogens with two attached hydrogens (primary N) is 1. The molecule has 0 radical (unpaired) electrons. The molecule has 19 heavy (non-hydrogen) atoms. The van der Waals surface area contributed by atoms with Crippen molar-refractivity contribution in [2.24, 2.45) is 5.73 Å². The molecule has 0 atom stereocenters. The van der Waals surface area contributed by atoms with Gasteiger partial charge in [-0.15, -0.1) is 0 Å². The van der Waals surface area contributed by atoms with Crippen LogP contribution in [0.2, 0.25) is 0 Å². The molecule has 0 fully saturated rings. The summed E-state index contributed by atoms with van der Waals surface area (Å²) in [4.78, 5) is 11.2. The van der Waals surface area contributed by atoms with E-state index in [2.05, 4.69) is 5.10 Å². The zero-order chi connectivity index (χ0) is 13.4. The van der Waals surface area contributed by atoms with E-state index in [4.69, 9.17) is 5.73 Å². The maximum Gasteiger partial charge on any atom is 0.248 e. The maximum atomic E-state index is 11.2. The molecule has 2 aromatic carbocycles. The second-order valence-electron chi connectivity index (χ2n) is 4.21. The smallest absolute Gasteiger partial charge is 0.248 e. The second-order valence-corrected chi connectivity index (χ2v) is 4.21. The van der Waals surface area contributed by atoms with Gasteiger partial charge in [-0.3, -0.25) is 4.79 Å². The molecule has 0 spiro atoms. The van der Waals surface area contributed by atoms with Crippen molar-refractivity contribution >= 4 is 16.8 Å². The van der Waals surface area contributed by atoms with Gasteiger partial charge in [0.15, 0.2) is 0 Å². The molecule has 1 amide bonds. The SMILES string of the molecule is NC(=O)c1ccc2cnn(-c3ccc(O)cc3)c2c1. The minimum Gasteiger partial charge on any atom is -0.508 e. The van der Waals surface area contributed by atoms with Gasteiger partial charge < -0.3 is 10.8 Å². The molecule has 3 N–H and O–H groups in total. The Hall–Kier alpha value is -2.82. The molecule has 3 aromatic rings. The lowest BCUT2D eigenvalue weighted by Gasteiger charge is -2.04. The van der Waals surface area contributed by atoms with E-state index in [-0.39, 0.29) is 5.75 Å². The Labute approximate surface area is 108 Å². The Balaban J connectivity index is 2.21. The lowest BCUT2D eigenvalue weighted by molar-refractivity contribution is 0.100. The summed E-state index contributed by atoms with van der Waals surface area (Å²) >= 11 is 0. The molecule has 1 heterocycles. The van der Waals surface area contributed by atoms with Crippen LogP contribution in [-0.2, 0) is 0 Å². The number of nitrogens with zero attached hydrogens (tertiary/aromatic N) is 2. The van der Waals surface area contributed by atoms with Gasteiger partial charge in [0, 0.05) is 10.9 Å². The number of primary amides is 1. The van der Waals surface area contributed by atoms with Crippen LogP contribution >= 0.6 is 0 Å². The summed E-state index contributed by atoms with van der Waals surface area (Å²) in [6.45, 7) is 0. The average Bonchev–Trinajstić information content (AvgIpc) is 2.82. The fourth-order valence-electron chi connectivity index (χ4n) is 1.97. The monoisotopic (exact) mass is 253 g/mol. The predicted molar refractivity (Wildman–Crippen MR) is 71.3 cm³/mol. The number of aromatic nitrogens is 2. The van der Waals surface area contributed by atoms with Gasteiger partial charge in [-0.1, -0.05) is 6.07 Å². The highest BCUT2D eigenvalue weighted by Crippen LogP contribution is 2.21. The fraction of sp³-hybridized carbons (Fsp3) is 0. The van der Waals surface area contributed by atoms with Crippen LogP contribution in [-0.4, -0.2) is 20.8 Å².